The number of nitrogens with zero attached hydrogens (tertiary/aromatic N) is 1. The van der Waals surface area contributed by atoms with E-state index in [0.717, 1.165) is 18.4 Å². The van der Waals surface area contributed by atoms with Crippen molar-refractivity contribution in [3.05, 3.63) is 30.1 Å². The van der Waals surface area contributed by atoms with Crippen LogP contribution in [-0.4, -0.2) is 29.0 Å². The Morgan fingerprint density at radius 3 is 3.22 bits per heavy atom. The summed E-state index contributed by atoms with van der Waals surface area (Å²) in [7, 11) is 0. The molecule has 2 fully saturated rings. The lowest BCUT2D eigenvalue weighted by atomic mass is 10.1. The van der Waals surface area contributed by atoms with E-state index in [1.165, 1.54) is 6.42 Å². The first-order valence-corrected chi connectivity index (χ1v) is 6.62. The third kappa shape index (κ3) is 2.25. The highest BCUT2D eigenvalue weighted by atomic mass is 16.2. The molecule has 1 aromatic rings. The van der Waals surface area contributed by atoms with Crippen molar-refractivity contribution in [2.24, 2.45) is 5.92 Å². The third-order valence-electron chi connectivity index (χ3n) is 4.19. The maximum Gasteiger partial charge on any atom is 0.237 e. The maximum atomic E-state index is 12.0. The van der Waals surface area contributed by atoms with Gasteiger partial charge in [0.05, 0.1) is 6.04 Å². The summed E-state index contributed by atoms with van der Waals surface area (Å²) in [5.41, 5.74) is 1.41. The molecule has 1 aromatic heterocycles. The zero-order valence-electron chi connectivity index (χ0n) is 10.6. The van der Waals surface area contributed by atoms with Crippen LogP contribution < -0.4 is 10.6 Å². The van der Waals surface area contributed by atoms with Crippen LogP contribution in [-0.2, 0) is 11.2 Å². The Balaban J connectivity index is 1.43. The van der Waals surface area contributed by atoms with Crippen molar-refractivity contribution in [2.75, 3.05) is 6.54 Å². The molecule has 0 spiro atoms. The van der Waals surface area contributed by atoms with E-state index >= 15 is 0 Å². The van der Waals surface area contributed by atoms with Gasteiger partial charge in [0.2, 0.25) is 5.91 Å². The van der Waals surface area contributed by atoms with Crippen LogP contribution >= 0.6 is 0 Å². The second-order valence-electron chi connectivity index (χ2n) is 5.65. The summed E-state index contributed by atoms with van der Waals surface area (Å²) in [6, 6.07) is 3.97. The molecule has 2 aliphatic rings. The van der Waals surface area contributed by atoms with Gasteiger partial charge in [-0.1, -0.05) is 6.07 Å². The normalized spacial score (nSPS) is 32.9. The molecule has 0 radical (unpaired) electrons. The lowest BCUT2D eigenvalue weighted by molar-refractivity contribution is -0.123. The Labute approximate surface area is 107 Å². The summed E-state index contributed by atoms with van der Waals surface area (Å²) in [5, 5.41) is 6.43. The molecule has 1 amide bonds. The van der Waals surface area contributed by atoms with Gasteiger partial charge in [0.1, 0.15) is 0 Å². The maximum absolute atomic E-state index is 12.0. The van der Waals surface area contributed by atoms with Crippen LogP contribution in [0.2, 0.25) is 0 Å². The fraction of sp³-hybridized carbons (Fsp3) is 0.571. The molecule has 0 bridgehead atoms. The summed E-state index contributed by atoms with van der Waals surface area (Å²) in [5.74, 6) is 0.860. The standard InChI is InChI=1S/C14H19N3O/c1-14-8-11(14)7-12(17-14)13(18)16-6-4-10-3-2-5-15-9-10/h2-3,5,9,11-12,17H,4,6-8H2,1H3,(H,16,18). The predicted molar refractivity (Wildman–Crippen MR) is 69.0 cm³/mol. The predicted octanol–water partition coefficient (Wildman–Crippen LogP) is 0.881. The van der Waals surface area contributed by atoms with Crippen LogP contribution in [0, 0.1) is 5.92 Å². The van der Waals surface area contributed by atoms with Gasteiger partial charge in [0, 0.05) is 24.5 Å². The average Bonchev–Trinajstić information content (AvgIpc) is 2.88. The number of fused-ring (bicyclic) bond motifs is 1. The highest BCUT2D eigenvalue weighted by Gasteiger charge is 2.57. The molecule has 1 saturated heterocycles. The second kappa shape index (κ2) is 4.35. The molecule has 3 unspecified atom stereocenters. The van der Waals surface area contributed by atoms with Crippen LogP contribution in [0.25, 0.3) is 0 Å². The van der Waals surface area contributed by atoms with Gasteiger partial charge in [0.25, 0.3) is 0 Å². The highest BCUT2D eigenvalue weighted by molar-refractivity contribution is 5.82. The lowest BCUT2D eigenvalue weighted by Gasteiger charge is -2.15. The number of amides is 1. The Hall–Kier alpha value is -1.42. The first-order valence-electron chi connectivity index (χ1n) is 6.62. The third-order valence-corrected chi connectivity index (χ3v) is 4.19. The minimum absolute atomic E-state index is 0.0163. The van der Waals surface area contributed by atoms with Crippen molar-refractivity contribution >= 4 is 5.91 Å². The number of aromatic nitrogens is 1. The van der Waals surface area contributed by atoms with Gasteiger partial charge < -0.3 is 10.6 Å². The van der Waals surface area contributed by atoms with Crippen molar-refractivity contribution in [1.29, 1.82) is 0 Å². The van der Waals surface area contributed by atoms with Crippen LogP contribution in [0.3, 0.4) is 0 Å². The lowest BCUT2D eigenvalue weighted by Crippen LogP contribution is -2.45. The number of carbonyl (C=O) groups excluding carboxylic acids is 1. The van der Waals surface area contributed by atoms with Gasteiger partial charge >= 0.3 is 0 Å². The van der Waals surface area contributed by atoms with Crippen molar-refractivity contribution in [2.45, 2.75) is 37.8 Å². The minimum atomic E-state index is 0.0163. The monoisotopic (exact) mass is 245 g/mol. The molecule has 18 heavy (non-hydrogen) atoms. The number of piperidine rings is 1. The largest absolute Gasteiger partial charge is 0.354 e. The average molecular weight is 245 g/mol. The van der Waals surface area contributed by atoms with Crippen LogP contribution in [0.1, 0.15) is 25.3 Å². The summed E-state index contributed by atoms with van der Waals surface area (Å²) < 4.78 is 0. The molecule has 3 atom stereocenters. The van der Waals surface area contributed by atoms with E-state index in [0.29, 0.717) is 12.5 Å². The summed E-state index contributed by atoms with van der Waals surface area (Å²) >= 11 is 0. The number of carbonyl (C=O) groups is 1. The van der Waals surface area contributed by atoms with Crippen LogP contribution in [0.15, 0.2) is 24.5 Å². The SMILES string of the molecule is CC12CC1CC(C(=O)NCCc1cccnc1)N2. The Kier molecular flexibility index (Phi) is 2.82. The molecule has 4 heteroatoms. The van der Waals surface area contributed by atoms with E-state index in [-0.39, 0.29) is 17.5 Å². The molecular weight excluding hydrogens is 226 g/mol. The van der Waals surface area contributed by atoms with Crippen molar-refractivity contribution < 1.29 is 4.79 Å². The quantitative estimate of drug-likeness (QED) is 0.828. The number of pyridine rings is 1. The molecule has 4 nitrogen and oxygen atoms in total. The number of rotatable bonds is 4. The molecule has 2 N–H and O–H groups in total. The van der Waals surface area contributed by atoms with Crippen molar-refractivity contribution in [3.63, 3.8) is 0 Å². The summed E-state index contributed by atoms with van der Waals surface area (Å²) in [6.45, 7) is 2.89. The summed E-state index contributed by atoms with van der Waals surface area (Å²) in [4.78, 5) is 16.0. The van der Waals surface area contributed by atoms with Crippen LogP contribution in [0.4, 0.5) is 0 Å². The fourth-order valence-electron chi connectivity index (χ4n) is 2.89. The highest BCUT2D eigenvalue weighted by Crippen LogP contribution is 2.51. The summed E-state index contributed by atoms with van der Waals surface area (Å²) in [6.07, 6.45) is 6.67. The van der Waals surface area contributed by atoms with E-state index < -0.39 is 0 Å². The van der Waals surface area contributed by atoms with Gasteiger partial charge in [-0.05, 0) is 43.7 Å². The fourth-order valence-corrected chi connectivity index (χ4v) is 2.89. The second-order valence-corrected chi connectivity index (χ2v) is 5.65. The molecular formula is C14H19N3O. The van der Waals surface area contributed by atoms with Crippen molar-refractivity contribution in [3.8, 4) is 0 Å². The molecule has 2 heterocycles. The van der Waals surface area contributed by atoms with Gasteiger partial charge in [0.15, 0.2) is 0 Å². The number of nitrogens with one attached hydrogen (secondary N) is 2. The Morgan fingerprint density at radius 2 is 2.56 bits per heavy atom. The molecule has 1 saturated carbocycles. The first kappa shape index (κ1) is 11.7. The van der Waals surface area contributed by atoms with Gasteiger partial charge in [-0.2, -0.15) is 0 Å². The first-order chi connectivity index (χ1) is 8.67. The van der Waals surface area contributed by atoms with E-state index in [2.05, 4.69) is 22.5 Å². The Bertz CT molecular complexity index is 448. The Morgan fingerprint density at radius 1 is 1.67 bits per heavy atom. The molecule has 96 valence electrons. The number of hydrogen-bond acceptors (Lipinski definition) is 3. The van der Waals surface area contributed by atoms with E-state index in [4.69, 9.17) is 0 Å². The van der Waals surface area contributed by atoms with E-state index in [1.54, 1.807) is 6.20 Å². The number of hydrogen-bond donors (Lipinski definition) is 2. The van der Waals surface area contributed by atoms with E-state index in [1.807, 2.05) is 18.3 Å². The molecule has 0 aromatic carbocycles. The smallest absolute Gasteiger partial charge is 0.237 e. The topological polar surface area (TPSA) is 54.0 Å². The van der Waals surface area contributed by atoms with E-state index in [9.17, 15) is 4.79 Å². The van der Waals surface area contributed by atoms with Crippen molar-refractivity contribution in [1.82, 2.24) is 15.6 Å². The van der Waals surface area contributed by atoms with Crippen LogP contribution in [0.5, 0.6) is 0 Å². The minimum Gasteiger partial charge on any atom is -0.354 e. The zero-order chi connectivity index (χ0) is 12.6. The van der Waals surface area contributed by atoms with Gasteiger partial charge in [-0.15, -0.1) is 0 Å². The molecule has 1 aliphatic carbocycles. The molecule has 1 aliphatic heterocycles. The van der Waals surface area contributed by atoms with Gasteiger partial charge in [-0.25, -0.2) is 0 Å². The van der Waals surface area contributed by atoms with Gasteiger partial charge in [-0.3, -0.25) is 9.78 Å². The zero-order valence-corrected chi connectivity index (χ0v) is 10.6. The molecule has 3 rings (SSSR count).